The van der Waals surface area contributed by atoms with E-state index in [4.69, 9.17) is 8.37 Å². The molecule has 0 aliphatic carbocycles. The molecule has 1 heterocycles. The van der Waals surface area contributed by atoms with Crippen molar-refractivity contribution < 1.29 is 13.5 Å². The molecule has 4 heteroatoms. The number of hydrogen-bond donors (Lipinski definition) is 1. The van der Waals surface area contributed by atoms with Crippen LogP contribution in [0.4, 0.5) is 0 Å². The first-order chi connectivity index (χ1) is 9.06. The third kappa shape index (κ3) is 3.02. The van der Waals surface area contributed by atoms with Gasteiger partial charge in [0.1, 0.15) is 5.94 Å². The van der Waals surface area contributed by atoms with E-state index < -0.39 is 8.86 Å². The van der Waals surface area contributed by atoms with Crippen molar-refractivity contribution in [2.24, 2.45) is 0 Å². The van der Waals surface area contributed by atoms with Gasteiger partial charge in [-0.2, -0.15) is 0 Å². The molecule has 19 heavy (non-hydrogen) atoms. The average Bonchev–Trinajstić information content (AvgIpc) is 2.46. The van der Waals surface area contributed by atoms with E-state index in [9.17, 15) is 5.11 Å². The highest BCUT2D eigenvalue weighted by atomic mass is 32.4. The van der Waals surface area contributed by atoms with Crippen molar-refractivity contribution in [1.29, 1.82) is 0 Å². The van der Waals surface area contributed by atoms with Gasteiger partial charge in [-0.3, -0.25) is 8.86 Å². The van der Waals surface area contributed by atoms with Crippen LogP contribution in [0.5, 0.6) is 0 Å². The molecule has 0 aromatic heterocycles. The Kier molecular flexibility index (Phi) is 5.52. The van der Waals surface area contributed by atoms with E-state index in [1.54, 1.807) is 0 Å². The van der Waals surface area contributed by atoms with Crippen LogP contribution < -0.4 is 0 Å². The molecule has 0 radical (unpaired) electrons. The van der Waals surface area contributed by atoms with Crippen LogP contribution in [0.25, 0.3) is 0 Å². The van der Waals surface area contributed by atoms with Gasteiger partial charge in [0.25, 0.3) is 0 Å². The molecule has 1 aliphatic heterocycles. The molecule has 0 atom stereocenters. The van der Waals surface area contributed by atoms with Crippen molar-refractivity contribution in [3.05, 3.63) is 12.0 Å². The summed E-state index contributed by atoms with van der Waals surface area (Å²) in [7, 11) is -3.39. The van der Waals surface area contributed by atoms with Gasteiger partial charge in [-0.15, -0.1) is 0 Å². The molecule has 0 saturated carbocycles. The molecule has 1 N–H and O–H groups in total. The van der Waals surface area contributed by atoms with Crippen molar-refractivity contribution in [2.45, 2.75) is 52.4 Å². The Morgan fingerprint density at radius 3 is 2.53 bits per heavy atom. The van der Waals surface area contributed by atoms with Crippen molar-refractivity contribution in [2.75, 3.05) is 30.7 Å². The van der Waals surface area contributed by atoms with E-state index in [-0.39, 0.29) is 5.94 Å². The maximum Gasteiger partial charge on any atom is 0.109 e. The zero-order valence-corrected chi connectivity index (χ0v) is 13.6. The Morgan fingerprint density at radius 2 is 2.05 bits per heavy atom. The van der Waals surface area contributed by atoms with E-state index in [0.29, 0.717) is 13.2 Å². The summed E-state index contributed by atoms with van der Waals surface area (Å²) in [5, 5.41) is 12.1. The molecule has 1 aliphatic rings. The van der Waals surface area contributed by atoms with Crippen LogP contribution in [0, 0.1) is 0 Å². The van der Waals surface area contributed by atoms with Gasteiger partial charge in [0.2, 0.25) is 0 Å². The van der Waals surface area contributed by atoms with E-state index in [1.165, 1.54) is 6.42 Å². The second-order valence-corrected chi connectivity index (χ2v) is 11.9. The molecule has 0 bridgehead atoms. The molecule has 1 saturated heterocycles. The van der Waals surface area contributed by atoms with E-state index in [1.807, 2.05) is 5.41 Å². The van der Waals surface area contributed by atoms with E-state index in [0.717, 1.165) is 43.6 Å². The van der Waals surface area contributed by atoms with Gasteiger partial charge < -0.3 is 13.5 Å². The van der Waals surface area contributed by atoms with Crippen LogP contribution in [0.2, 0.25) is 0 Å². The van der Waals surface area contributed by atoms with Crippen molar-refractivity contribution in [3.8, 4) is 0 Å². The van der Waals surface area contributed by atoms with Gasteiger partial charge in [0.15, 0.2) is 0 Å². The second kappa shape index (κ2) is 6.17. The van der Waals surface area contributed by atoms with Gasteiger partial charge in [0, 0.05) is 11.5 Å². The molecule has 0 aromatic carbocycles. The van der Waals surface area contributed by atoms with Crippen molar-refractivity contribution >= 4 is 8.86 Å². The van der Waals surface area contributed by atoms with Crippen LogP contribution in [-0.4, -0.2) is 35.8 Å². The summed E-state index contributed by atoms with van der Waals surface area (Å²) in [5.41, 5.74) is 0. The fraction of sp³-hybridized carbons (Fsp3) is 0.867. The quantitative estimate of drug-likeness (QED) is 0.647. The normalized spacial score (nSPS) is 27.5. The number of unbranched alkanes of at least 4 members (excludes halogenated alkanes) is 2. The minimum atomic E-state index is -3.39. The Balaban J connectivity index is 3.01. The number of aliphatic hydroxyl groups excluding tert-OH is 1. The highest BCUT2D eigenvalue weighted by Gasteiger charge is 2.53. The summed E-state index contributed by atoms with van der Waals surface area (Å²) < 4.78 is 12.7. The second-order valence-electron chi connectivity index (χ2n) is 5.84. The van der Waals surface area contributed by atoms with Gasteiger partial charge in [-0.1, -0.05) is 33.3 Å². The molecule has 116 valence electrons. The molecule has 0 aromatic rings. The minimum absolute atomic E-state index is 0.0243. The SMILES string of the molecule is C=CS1(CO)(CCC)(OCCCCC)CCCCO1. The van der Waals surface area contributed by atoms with Crippen LogP contribution in [0.3, 0.4) is 0 Å². The molecule has 1 fully saturated rings. The van der Waals surface area contributed by atoms with Crippen LogP contribution in [0.1, 0.15) is 52.4 Å². The first kappa shape index (κ1) is 17.0. The number of aliphatic hydroxyl groups is 1. The first-order valence-corrected chi connectivity index (χ1v) is 10.5. The van der Waals surface area contributed by atoms with Gasteiger partial charge >= 0.3 is 0 Å². The molecular weight excluding hydrogens is 260 g/mol. The van der Waals surface area contributed by atoms with E-state index >= 15 is 0 Å². The standard InChI is InChI=1S/C15H32O3S/c1-4-7-8-11-17-19(6-3,15-16,13-5-2)14-10-9-12-18-19/h6,16H,3-5,7-15H2,1-2H3. The summed E-state index contributed by atoms with van der Waals surface area (Å²) in [6, 6.07) is 0. The third-order valence-corrected chi connectivity index (χ3v) is 10.9. The van der Waals surface area contributed by atoms with Gasteiger partial charge in [0.05, 0.1) is 13.2 Å². The highest BCUT2D eigenvalue weighted by Crippen LogP contribution is 2.92. The Labute approximate surface area is 118 Å². The largest absolute Gasteiger partial charge is 0.379 e. The minimum Gasteiger partial charge on any atom is -0.379 e. The first-order valence-electron chi connectivity index (χ1n) is 7.65. The van der Waals surface area contributed by atoms with Crippen LogP contribution in [0.15, 0.2) is 12.0 Å². The summed E-state index contributed by atoms with van der Waals surface area (Å²) in [6.45, 7) is 9.69. The fourth-order valence-corrected chi connectivity index (χ4v) is 8.28. The summed E-state index contributed by atoms with van der Waals surface area (Å²) in [5.74, 6) is 1.58. The lowest BCUT2D eigenvalue weighted by molar-refractivity contribution is 0.179. The predicted octanol–water partition coefficient (Wildman–Crippen LogP) is 4.21. The summed E-state index contributed by atoms with van der Waals surface area (Å²) in [6.07, 6.45) is 6.40. The number of hydrogen-bond acceptors (Lipinski definition) is 3. The highest BCUT2D eigenvalue weighted by molar-refractivity contribution is 8.59. The Morgan fingerprint density at radius 1 is 1.26 bits per heavy atom. The lowest BCUT2D eigenvalue weighted by Gasteiger charge is -2.82. The Bertz CT molecular complexity index is 299. The van der Waals surface area contributed by atoms with Gasteiger partial charge in [-0.25, -0.2) is 0 Å². The zero-order valence-electron chi connectivity index (χ0n) is 12.7. The monoisotopic (exact) mass is 292 g/mol. The number of rotatable bonds is 9. The van der Waals surface area contributed by atoms with Gasteiger partial charge in [-0.05, 0) is 31.1 Å². The van der Waals surface area contributed by atoms with E-state index in [2.05, 4.69) is 20.4 Å². The maximum absolute atomic E-state index is 10.3. The smallest absolute Gasteiger partial charge is 0.109 e. The Hall–Kier alpha value is -0.0300. The predicted molar refractivity (Wildman–Crippen MR) is 85.6 cm³/mol. The topological polar surface area (TPSA) is 38.7 Å². The average molecular weight is 292 g/mol. The fourth-order valence-electron chi connectivity index (χ4n) is 3.06. The molecule has 0 unspecified atom stereocenters. The molecule has 0 amide bonds. The van der Waals surface area contributed by atoms with Crippen LogP contribution >= 0.6 is 8.86 Å². The molecule has 3 nitrogen and oxygen atoms in total. The van der Waals surface area contributed by atoms with Crippen molar-refractivity contribution in [1.82, 2.24) is 0 Å². The lowest BCUT2D eigenvalue weighted by Crippen LogP contribution is -2.50. The zero-order chi connectivity index (χ0) is 14.3. The molecular formula is C15H32O3S. The lowest BCUT2D eigenvalue weighted by atomic mass is 10.3. The van der Waals surface area contributed by atoms with Crippen molar-refractivity contribution in [3.63, 3.8) is 0 Å². The molecule has 1 rings (SSSR count). The molecule has 0 spiro atoms. The summed E-state index contributed by atoms with van der Waals surface area (Å²) >= 11 is 0. The summed E-state index contributed by atoms with van der Waals surface area (Å²) in [4.78, 5) is 0. The maximum atomic E-state index is 10.3. The van der Waals surface area contributed by atoms with Crippen LogP contribution in [-0.2, 0) is 8.37 Å². The third-order valence-electron chi connectivity index (χ3n) is 4.39.